The van der Waals surface area contributed by atoms with E-state index in [1.54, 1.807) is 0 Å². The third-order valence-corrected chi connectivity index (χ3v) is 3.15. The van der Waals surface area contributed by atoms with Crippen LogP contribution in [0.1, 0.15) is 18.4 Å². The molecule has 0 spiro atoms. The zero-order valence-corrected chi connectivity index (χ0v) is 9.92. The first-order chi connectivity index (χ1) is 6.75. The standard InChI is InChI=1S/C12H14BrN/c1-14-8-2-3-12(14)9-10-4-6-11(13)7-5-10/h4-7,9H,2-3,8H2,1H3. The first kappa shape index (κ1) is 9.78. The van der Waals surface area contributed by atoms with Crippen molar-refractivity contribution in [3.8, 4) is 0 Å². The summed E-state index contributed by atoms with van der Waals surface area (Å²) in [6.45, 7) is 1.20. The Bertz CT molecular complexity index is 340. The second-order valence-corrected chi connectivity index (χ2v) is 4.63. The van der Waals surface area contributed by atoms with Crippen LogP contribution in [0.25, 0.3) is 6.08 Å². The van der Waals surface area contributed by atoms with Crippen molar-refractivity contribution in [2.24, 2.45) is 0 Å². The van der Waals surface area contributed by atoms with Crippen LogP contribution in [0, 0.1) is 0 Å². The molecule has 1 nitrogen and oxygen atoms in total. The van der Waals surface area contributed by atoms with Crippen molar-refractivity contribution in [3.63, 3.8) is 0 Å². The molecule has 1 heterocycles. The summed E-state index contributed by atoms with van der Waals surface area (Å²) in [7, 11) is 2.16. The van der Waals surface area contributed by atoms with Gasteiger partial charge in [0, 0.05) is 23.8 Å². The molecule has 0 N–H and O–H groups in total. The maximum Gasteiger partial charge on any atom is 0.0175 e. The fourth-order valence-corrected chi connectivity index (χ4v) is 2.03. The molecule has 74 valence electrons. The lowest BCUT2D eigenvalue weighted by Gasteiger charge is -2.12. The second-order valence-electron chi connectivity index (χ2n) is 3.71. The van der Waals surface area contributed by atoms with E-state index in [2.05, 4.69) is 58.2 Å². The quantitative estimate of drug-likeness (QED) is 0.739. The molecule has 2 heteroatoms. The van der Waals surface area contributed by atoms with Crippen LogP contribution < -0.4 is 0 Å². The van der Waals surface area contributed by atoms with Crippen molar-refractivity contribution in [3.05, 3.63) is 40.0 Å². The maximum absolute atomic E-state index is 3.44. The Morgan fingerprint density at radius 1 is 1.29 bits per heavy atom. The molecular weight excluding hydrogens is 238 g/mol. The van der Waals surface area contributed by atoms with Crippen molar-refractivity contribution in [1.29, 1.82) is 0 Å². The van der Waals surface area contributed by atoms with E-state index in [9.17, 15) is 0 Å². The van der Waals surface area contributed by atoms with E-state index in [4.69, 9.17) is 0 Å². The molecule has 1 aromatic rings. The molecule has 0 saturated carbocycles. The number of benzene rings is 1. The minimum atomic E-state index is 1.14. The summed E-state index contributed by atoms with van der Waals surface area (Å²) in [6.07, 6.45) is 4.78. The predicted octanol–water partition coefficient (Wildman–Crippen LogP) is 3.52. The lowest BCUT2D eigenvalue weighted by atomic mass is 10.2. The van der Waals surface area contributed by atoms with Gasteiger partial charge in [0.15, 0.2) is 0 Å². The van der Waals surface area contributed by atoms with E-state index in [1.165, 1.54) is 30.6 Å². The van der Waals surface area contributed by atoms with Gasteiger partial charge < -0.3 is 4.90 Å². The predicted molar refractivity (Wildman–Crippen MR) is 64.0 cm³/mol. The van der Waals surface area contributed by atoms with E-state index in [1.807, 2.05) is 0 Å². The molecule has 0 amide bonds. The molecule has 1 aromatic carbocycles. The Kier molecular flexibility index (Phi) is 2.92. The van der Waals surface area contributed by atoms with Crippen LogP contribution in [-0.4, -0.2) is 18.5 Å². The van der Waals surface area contributed by atoms with Crippen molar-refractivity contribution >= 4 is 22.0 Å². The summed E-state index contributed by atoms with van der Waals surface area (Å²) in [5.41, 5.74) is 2.74. The highest BCUT2D eigenvalue weighted by Crippen LogP contribution is 2.22. The summed E-state index contributed by atoms with van der Waals surface area (Å²) in [4.78, 5) is 2.34. The Labute approximate surface area is 93.6 Å². The van der Waals surface area contributed by atoms with Gasteiger partial charge >= 0.3 is 0 Å². The molecule has 0 radical (unpaired) electrons. The second kappa shape index (κ2) is 4.18. The highest BCUT2D eigenvalue weighted by molar-refractivity contribution is 9.10. The number of likely N-dealkylation sites (tertiary alicyclic amines) is 1. The van der Waals surface area contributed by atoms with Crippen molar-refractivity contribution in [2.45, 2.75) is 12.8 Å². The van der Waals surface area contributed by atoms with Crippen LogP contribution in [0.15, 0.2) is 34.4 Å². The summed E-state index contributed by atoms with van der Waals surface area (Å²) >= 11 is 3.44. The summed E-state index contributed by atoms with van der Waals surface area (Å²) in [5.74, 6) is 0. The van der Waals surface area contributed by atoms with Gasteiger partial charge in [-0.3, -0.25) is 0 Å². The number of nitrogens with zero attached hydrogens (tertiary/aromatic N) is 1. The average molecular weight is 252 g/mol. The van der Waals surface area contributed by atoms with Crippen molar-refractivity contribution in [1.82, 2.24) is 4.90 Å². The minimum absolute atomic E-state index is 1.14. The Morgan fingerprint density at radius 3 is 2.57 bits per heavy atom. The topological polar surface area (TPSA) is 3.24 Å². The fraction of sp³-hybridized carbons (Fsp3) is 0.333. The third-order valence-electron chi connectivity index (χ3n) is 2.62. The first-order valence-electron chi connectivity index (χ1n) is 4.93. The van der Waals surface area contributed by atoms with Gasteiger partial charge in [-0.1, -0.05) is 28.1 Å². The molecule has 0 atom stereocenters. The third kappa shape index (κ3) is 2.18. The molecule has 1 fully saturated rings. The number of hydrogen-bond acceptors (Lipinski definition) is 1. The van der Waals surface area contributed by atoms with E-state index in [0.717, 1.165) is 4.47 Å². The van der Waals surface area contributed by atoms with Crippen LogP contribution >= 0.6 is 15.9 Å². The monoisotopic (exact) mass is 251 g/mol. The summed E-state index contributed by atoms with van der Waals surface area (Å²) in [5, 5.41) is 0. The van der Waals surface area contributed by atoms with E-state index in [-0.39, 0.29) is 0 Å². The normalized spacial score (nSPS) is 19.3. The molecule has 1 aliphatic heterocycles. The summed E-state index contributed by atoms with van der Waals surface area (Å²) < 4.78 is 1.14. The summed E-state index contributed by atoms with van der Waals surface area (Å²) in [6, 6.07) is 8.45. The lowest BCUT2D eigenvalue weighted by Crippen LogP contribution is -2.09. The van der Waals surface area contributed by atoms with Crippen LogP contribution in [0.3, 0.4) is 0 Å². The van der Waals surface area contributed by atoms with Gasteiger partial charge in [0.05, 0.1) is 0 Å². The number of rotatable bonds is 1. The van der Waals surface area contributed by atoms with Crippen LogP contribution in [0.2, 0.25) is 0 Å². The Morgan fingerprint density at radius 2 is 2.00 bits per heavy atom. The Hall–Kier alpha value is -0.760. The number of allylic oxidation sites excluding steroid dienone is 1. The van der Waals surface area contributed by atoms with Gasteiger partial charge in [0.2, 0.25) is 0 Å². The molecule has 14 heavy (non-hydrogen) atoms. The van der Waals surface area contributed by atoms with Crippen LogP contribution in [0.4, 0.5) is 0 Å². The highest BCUT2D eigenvalue weighted by atomic mass is 79.9. The van der Waals surface area contributed by atoms with Gasteiger partial charge in [-0.05, 0) is 36.6 Å². The molecule has 0 unspecified atom stereocenters. The van der Waals surface area contributed by atoms with Gasteiger partial charge in [0.1, 0.15) is 0 Å². The zero-order chi connectivity index (χ0) is 9.97. The molecule has 1 aliphatic rings. The molecule has 0 aliphatic carbocycles. The fourth-order valence-electron chi connectivity index (χ4n) is 1.77. The van der Waals surface area contributed by atoms with E-state index >= 15 is 0 Å². The lowest BCUT2D eigenvalue weighted by molar-refractivity contribution is 0.484. The molecular formula is C12H14BrN. The smallest absolute Gasteiger partial charge is 0.0175 e. The minimum Gasteiger partial charge on any atom is -0.378 e. The van der Waals surface area contributed by atoms with Gasteiger partial charge in [0.25, 0.3) is 0 Å². The Balaban J connectivity index is 2.20. The number of hydrogen-bond donors (Lipinski definition) is 0. The number of halogens is 1. The molecule has 0 aromatic heterocycles. The maximum atomic E-state index is 3.44. The van der Waals surface area contributed by atoms with E-state index in [0.29, 0.717) is 0 Å². The molecule has 2 rings (SSSR count). The van der Waals surface area contributed by atoms with Gasteiger partial charge in [-0.25, -0.2) is 0 Å². The van der Waals surface area contributed by atoms with Gasteiger partial charge in [-0.15, -0.1) is 0 Å². The average Bonchev–Trinajstić information content (AvgIpc) is 2.56. The van der Waals surface area contributed by atoms with Crippen LogP contribution in [-0.2, 0) is 0 Å². The van der Waals surface area contributed by atoms with Crippen molar-refractivity contribution in [2.75, 3.05) is 13.6 Å². The van der Waals surface area contributed by atoms with Crippen molar-refractivity contribution < 1.29 is 0 Å². The van der Waals surface area contributed by atoms with E-state index < -0.39 is 0 Å². The zero-order valence-electron chi connectivity index (χ0n) is 8.33. The molecule has 1 saturated heterocycles. The first-order valence-corrected chi connectivity index (χ1v) is 5.72. The highest BCUT2D eigenvalue weighted by Gasteiger charge is 2.11. The molecule has 0 bridgehead atoms. The van der Waals surface area contributed by atoms with Gasteiger partial charge in [-0.2, -0.15) is 0 Å². The largest absolute Gasteiger partial charge is 0.378 e. The SMILES string of the molecule is CN1CCCC1=Cc1ccc(Br)cc1. The van der Waals surface area contributed by atoms with Crippen LogP contribution in [0.5, 0.6) is 0 Å².